The van der Waals surface area contributed by atoms with Crippen LogP contribution < -0.4 is 0 Å². The lowest BCUT2D eigenvalue weighted by atomic mass is 9.70. The highest BCUT2D eigenvalue weighted by Gasteiger charge is 2.43. The highest BCUT2D eigenvalue weighted by Crippen LogP contribution is 2.45. The van der Waals surface area contributed by atoms with E-state index in [0.29, 0.717) is 22.3 Å². The molecule has 1 amide bonds. The largest absolute Gasteiger partial charge is 0.334 e. The molecule has 2 bridgehead atoms. The van der Waals surface area contributed by atoms with Gasteiger partial charge in [0.1, 0.15) is 5.52 Å². The molecule has 2 unspecified atom stereocenters. The van der Waals surface area contributed by atoms with Crippen molar-refractivity contribution in [2.75, 3.05) is 6.54 Å². The van der Waals surface area contributed by atoms with E-state index in [4.69, 9.17) is 11.6 Å². The van der Waals surface area contributed by atoms with Gasteiger partial charge in [-0.1, -0.05) is 29.8 Å². The van der Waals surface area contributed by atoms with E-state index in [9.17, 15) is 4.79 Å². The first-order valence-corrected chi connectivity index (χ1v) is 8.96. The number of para-hydroxylation sites is 1. The summed E-state index contributed by atoms with van der Waals surface area (Å²) in [6, 6.07) is 5.77. The monoisotopic (exact) mass is 339 g/mol. The number of halogens is 1. The van der Waals surface area contributed by atoms with Gasteiger partial charge in [-0.25, -0.2) is 4.98 Å². The van der Waals surface area contributed by atoms with Gasteiger partial charge >= 0.3 is 0 Å². The summed E-state index contributed by atoms with van der Waals surface area (Å²) in [7, 11) is 0. The number of H-pyrrole nitrogens is 1. The first kappa shape index (κ1) is 14.3. The summed E-state index contributed by atoms with van der Waals surface area (Å²) < 4.78 is 0. The molecule has 1 saturated carbocycles. The van der Waals surface area contributed by atoms with Crippen molar-refractivity contribution in [1.29, 1.82) is 0 Å². The maximum absolute atomic E-state index is 13.1. The Bertz CT molecular complexity index is 910. The van der Waals surface area contributed by atoms with Crippen LogP contribution in [0.25, 0.3) is 11.0 Å². The minimum atomic E-state index is -0.0116. The van der Waals surface area contributed by atoms with Gasteiger partial charge in [0.15, 0.2) is 5.82 Å². The van der Waals surface area contributed by atoms with Crippen LogP contribution in [0.5, 0.6) is 0 Å². The second-order valence-corrected chi connectivity index (χ2v) is 7.27. The molecule has 2 saturated heterocycles. The molecule has 122 valence electrons. The van der Waals surface area contributed by atoms with Gasteiger partial charge in [-0.15, -0.1) is 0 Å². The minimum Gasteiger partial charge on any atom is -0.334 e. The van der Waals surface area contributed by atoms with Crippen molar-refractivity contribution in [1.82, 2.24) is 14.9 Å². The Kier molecular flexibility index (Phi) is 3.10. The molecule has 2 aliphatic heterocycles. The number of rotatable bonds is 1. The Labute approximate surface area is 145 Å². The molecule has 6 rings (SSSR count). The molecule has 2 atom stereocenters. The number of aromatic nitrogens is 2. The van der Waals surface area contributed by atoms with Crippen molar-refractivity contribution in [2.45, 2.75) is 31.7 Å². The fraction of sp³-hybridized carbons (Fsp3) is 0.368. The third-order valence-corrected chi connectivity index (χ3v) is 5.84. The maximum Gasteiger partial charge on any atom is 0.290 e. The zero-order chi connectivity index (χ0) is 16.3. The van der Waals surface area contributed by atoms with E-state index < -0.39 is 0 Å². The topological polar surface area (TPSA) is 49.0 Å². The average molecular weight is 340 g/mol. The number of aromatic amines is 1. The Morgan fingerprint density at radius 2 is 2.04 bits per heavy atom. The number of carbonyl (C=O) groups excluding carboxylic acids is 1. The summed E-state index contributed by atoms with van der Waals surface area (Å²) in [6.07, 6.45) is 9.18. The Hall–Kier alpha value is -2.07. The van der Waals surface area contributed by atoms with Gasteiger partial charge in [0.05, 0.1) is 16.6 Å². The van der Waals surface area contributed by atoms with Crippen LogP contribution in [0.1, 0.15) is 36.3 Å². The van der Waals surface area contributed by atoms with E-state index >= 15 is 0 Å². The van der Waals surface area contributed by atoms with Crippen molar-refractivity contribution in [3.63, 3.8) is 0 Å². The standard InChI is InChI=1S/C19H18ClN3O/c20-14-6-3-7-15-17(14)22-18(21-15)19(24)23-10-11-8-9-16(23)13-5-2-1-4-12(11)13/h3-7,11,16H,1-2,8-10H2,(H,21,22). The summed E-state index contributed by atoms with van der Waals surface area (Å²) in [6.45, 7) is 0.803. The number of hydrogen-bond donors (Lipinski definition) is 1. The molecule has 0 spiro atoms. The number of hydrogen-bond acceptors (Lipinski definition) is 2. The summed E-state index contributed by atoms with van der Waals surface area (Å²) in [4.78, 5) is 22.7. The highest BCUT2D eigenvalue weighted by molar-refractivity contribution is 6.35. The van der Waals surface area contributed by atoms with E-state index in [1.807, 2.05) is 17.0 Å². The Morgan fingerprint density at radius 1 is 1.21 bits per heavy atom. The summed E-state index contributed by atoms with van der Waals surface area (Å²) in [5.74, 6) is 0.869. The molecule has 4 nitrogen and oxygen atoms in total. The van der Waals surface area contributed by atoms with Crippen LogP contribution in [0.4, 0.5) is 0 Å². The van der Waals surface area contributed by atoms with Gasteiger partial charge in [0, 0.05) is 12.5 Å². The minimum absolute atomic E-state index is 0.0116. The fourth-order valence-electron chi connectivity index (χ4n) is 4.45. The molecule has 4 aliphatic rings. The molecule has 1 aromatic heterocycles. The SMILES string of the molecule is O=C(c1nc2c(Cl)cccc2[nH]1)N1CC2CCC1C1=CCCC=C12. The Balaban J connectivity index is 1.52. The summed E-state index contributed by atoms with van der Waals surface area (Å²) >= 11 is 6.19. The van der Waals surface area contributed by atoms with Crippen LogP contribution in [0.15, 0.2) is 41.5 Å². The van der Waals surface area contributed by atoms with Crippen molar-refractivity contribution in [3.8, 4) is 0 Å². The number of imidazole rings is 1. The number of fused-ring (bicyclic) bond motifs is 3. The summed E-state index contributed by atoms with van der Waals surface area (Å²) in [5, 5.41) is 0.572. The van der Waals surface area contributed by atoms with E-state index in [0.717, 1.165) is 31.3 Å². The van der Waals surface area contributed by atoms with Gasteiger partial charge in [-0.2, -0.15) is 0 Å². The van der Waals surface area contributed by atoms with Crippen molar-refractivity contribution < 1.29 is 4.79 Å². The molecule has 0 radical (unpaired) electrons. The smallest absolute Gasteiger partial charge is 0.290 e. The number of benzene rings is 1. The first-order valence-electron chi connectivity index (χ1n) is 8.58. The van der Waals surface area contributed by atoms with Crippen LogP contribution in [0.3, 0.4) is 0 Å². The van der Waals surface area contributed by atoms with Gasteiger partial charge in [0.25, 0.3) is 5.91 Å². The summed E-state index contributed by atoms with van der Waals surface area (Å²) in [5.41, 5.74) is 4.35. The van der Waals surface area contributed by atoms with Crippen molar-refractivity contribution in [2.24, 2.45) is 5.92 Å². The average Bonchev–Trinajstić information content (AvgIpc) is 3.07. The number of nitrogens with zero attached hydrogens (tertiary/aromatic N) is 2. The predicted octanol–water partition coefficient (Wildman–Crippen LogP) is 4.10. The van der Waals surface area contributed by atoms with Gasteiger partial charge in [-0.3, -0.25) is 4.79 Å². The maximum atomic E-state index is 13.1. The number of carbonyl (C=O) groups is 1. The first-order chi connectivity index (χ1) is 11.7. The van der Waals surface area contributed by atoms with Crippen molar-refractivity contribution in [3.05, 3.63) is 52.3 Å². The van der Waals surface area contributed by atoms with Crippen LogP contribution >= 0.6 is 11.6 Å². The van der Waals surface area contributed by atoms with Crippen LogP contribution in [0, 0.1) is 5.92 Å². The molecule has 24 heavy (non-hydrogen) atoms. The second kappa shape index (κ2) is 5.21. The van der Waals surface area contributed by atoms with Gasteiger partial charge in [0.2, 0.25) is 0 Å². The van der Waals surface area contributed by atoms with Crippen LogP contribution in [0.2, 0.25) is 5.02 Å². The molecular weight excluding hydrogens is 322 g/mol. The van der Waals surface area contributed by atoms with Crippen LogP contribution in [-0.4, -0.2) is 33.4 Å². The lowest BCUT2D eigenvalue weighted by Gasteiger charge is -2.49. The number of amides is 1. The molecule has 3 heterocycles. The number of allylic oxidation sites excluding steroid dienone is 2. The van der Waals surface area contributed by atoms with Crippen molar-refractivity contribution >= 4 is 28.5 Å². The van der Waals surface area contributed by atoms with E-state index in [2.05, 4.69) is 22.1 Å². The molecule has 1 N–H and O–H groups in total. The van der Waals surface area contributed by atoms with Crippen LogP contribution in [-0.2, 0) is 0 Å². The van der Waals surface area contributed by atoms with E-state index in [1.54, 1.807) is 6.07 Å². The molecule has 1 aromatic carbocycles. The van der Waals surface area contributed by atoms with E-state index in [1.165, 1.54) is 17.6 Å². The number of nitrogens with one attached hydrogen (secondary N) is 1. The zero-order valence-electron chi connectivity index (χ0n) is 13.3. The third kappa shape index (κ3) is 1.99. The zero-order valence-corrected chi connectivity index (χ0v) is 14.0. The van der Waals surface area contributed by atoms with E-state index in [-0.39, 0.29) is 11.9 Å². The second-order valence-electron chi connectivity index (χ2n) is 6.87. The highest BCUT2D eigenvalue weighted by atomic mass is 35.5. The predicted molar refractivity (Wildman–Crippen MR) is 94.1 cm³/mol. The quantitative estimate of drug-likeness (QED) is 0.850. The number of piperidine rings is 2. The molecule has 3 fully saturated rings. The van der Waals surface area contributed by atoms with Gasteiger partial charge < -0.3 is 9.88 Å². The molecular formula is C19H18ClN3O. The molecule has 2 aromatic rings. The molecule has 2 aliphatic carbocycles. The Morgan fingerprint density at radius 3 is 2.88 bits per heavy atom. The lowest BCUT2D eigenvalue weighted by molar-refractivity contribution is 0.0547. The fourth-order valence-corrected chi connectivity index (χ4v) is 4.67. The molecule has 5 heteroatoms. The lowest BCUT2D eigenvalue weighted by Crippen LogP contribution is -2.53. The normalized spacial score (nSPS) is 25.5. The third-order valence-electron chi connectivity index (χ3n) is 5.54. The van der Waals surface area contributed by atoms with Gasteiger partial charge in [-0.05, 0) is 49.0 Å².